The summed E-state index contributed by atoms with van der Waals surface area (Å²) in [4.78, 5) is 14.1. The monoisotopic (exact) mass is 211 g/mol. The van der Waals surface area contributed by atoms with Crippen LogP contribution in [0.3, 0.4) is 0 Å². The summed E-state index contributed by atoms with van der Waals surface area (Å²) >= 11 is 0. The average molecular weight is 211 g/mol. The lowest BCUT2D eigenvalue weighted by atomic mass is 10.1. The molecule has 1 aliphatic heterocycles. The molecular formula is C12H21NO2. The molecule has 0 aromatic carbocycles. The first-order valence-corrected chi connectivity index (χ1v) is 6.16. The highest BCUT2D eigenvalue weighted by molar-refractivity contribution is 5.76. The van der Waals surface area contributed by atoms with Gasteiger partial charge in [0.2, 0.25) is 0 Å². The lowest BCUT2D eigenvalue weighted by Gasteiger charge is -2.29. The quantitative estimate of drug-likeness (QED) is 0.664. The molecule has 0 N–H and O–H groups in total. The Balaban J connectivity index is 1.94. The molecule has 1 unspecified atom stereocenters. The molecule has 2 rings (SSSR count). The van der Waals surface area contributed by atoms with Gasteiger partial charge in [-0.3, -0.25) is 9.69 Å². The van der Waals surface area contributed by atoms with Gasteiger partial charge in [0.05, 0.1) is 6.61 Å². The van der Waals surface area contributed by atoms with Crippen molar-refractivity contribution in [2.45, 2.75) is 51.6 Å². The SMILES string of the molecule is CCOC(=O)[C@H]1CCCN1C(C)C1CC1. The minimum absolute atomic E-state index is 0.0116. The highest BCUT2D eigenvalue weighted by Crippen LogP contribution is 2.37. The highest BCUT2D eigenvalue weighted by atomic mass is 16.5. The van der Waals surface area contributed by atoms with Crippen LogP contribution in [0.5, 0.6) is 0 Å². The van der Waals surface area contributed by atoms with E-state index in [9.17, 15) is 4.79 Å². The van der Waals surface area contributed by atoms with Gasteiger partial charge in [0.15, 0.2) is 0 Å². The first-order valence-electron chi connectivity index (χ1n) is 6.16. The van der Waals surface area contributed by atoms with E-state index >= 15 is 0 Å². The summed E-state index contributed by atoms with van der Waals surface area (Å²) in [6, 6.07) is 0.613. The summed E-state index contributed by atoms with van der Waals surface area (Å²) < 4.78 is 5.13. The normalized spacial score (nSPS) is 29.1. The maximum absolute atomic E-state index is 11.7. The van der Waals surface area contributed by atoms with Crippen LogP contribution in [0.1, 0.15) is 39.5 Å². The number of rotatable bonds is 4. The topological polar surface area (TPSA) is 29.5 Å². The van der Waals surface area contributed by atoms with Crippen LogP contribution in [0.15, 0.2) is 0 Å². The van der Waals surface area contributed by atoms with Gasteiger partial charge >= 0.3 is 5.97 Å². The van der Waals surface area contributed by atoms with Gasteiger partial charge < -0.3 is 4.74 Å². The lowest BCUT2D eigenvalue weighted by molar-refractivity contribution is -0.149. The standard InChI is InChI=1S/C12H21NO2/c1-3-15-12(14)11-5-4-8-13(11)9(2)10-6-7-10/h9-11H,3-8H2,1-2H3/t9?,11-/m1/s1. The Hall–Kier alpha value is -0.570. The van der Waals surface area contributed by atoms with E-state index in [2.05, 4.69) is 11.8 Å². The molecule has 0 amide bonds. The van der Waals surface area contributed by atoms with Crippen molar-refractivity contribution in [3.05, 3.63) is 0 Å². The Morgan fingerprint density at radius 3 is 2.80 bits per heavy atom. The van der Waals surface area contributed by atoms with Crippen molar-refractivity contribution in [1.29, 1.82) is 0 Å². The first-order chi connectivity index (χ1) is 7.24. The predicted molar refractivity (Wildman–Crippen MR) is 58.5 cm³/mol. The second kappa shape index (κ2) is 4.52. The zero-order valence-electron chi connectivity index (χ0n) is 9.74. The van der Waals surface area contributed by atoms with Crippen molar-refractivity contribution < 1.29 is 9.53 Å². The molecule has 2 aliphatic rings. The fraction of sp³-hybridized carbons (Fsp3) is 0.917. The number of ether oxygens (including phenoxy) is 1. The van der Waals surface area contributed by atoms with Gasteiger partial charge in [-0.25, -0.2) is 0 Å². The van der Waals surface area contributed by atoms with E-state index in [0.29, 0.717) is 12.6 Å². The largest absolute Gasteiger partial charge is 0.465 e. The van der Waals surface area contributed by atoms with Gasteiger partial charge in [-0.2, -0.15) is 0 Å². The third-order valence-corrected chi connectivity index (χ3v) is 3.68. The number of carbonyl (C=O) groups is 1. The van der Waals surface area contributed by atoms with Gasteiger partial charge in [0.25, 0.3) is 0 Å². The lowest BCUT2D eigenvalue weighted by Crippen LogP contribution is -2.43. The molecule has 3 nitrogen and oxygen atoms in total. The third kappa shape index (κ3) is 2.33. The molecule has 15 heavy (non-hydrogen) atoms. The number of hydrogen-bond acceptors (Lipinski definition) is 3. The third-order valence-electron chi connectivity index (χ3n) is 3.68. The van der Waals surface area contributed by atoms with Gasteiger partial charge in [0.1, 0.15) is 6.04 Å². The minimum Gasteiger partial charge on any atom is -0.465 e. The molecule has 2 atom stereocenters. The van der Waals surface area contributed by atoms with Crippen molar-refractivity contribution in [2.24, 2.45) is 5.92 Å². The zero-order chi connectivity index (χ0) is 10.8. The molecule has 3 heteroatoms. The molecule has 0 bridgehead atoms. The Morgan fingerprint density at radius 2 is 2.20 bits per heavy atom. The Labute approximate surface area is 91.8 Å². The molecule has 1 aliphatic carbocycles. The van der Waals surface area contributed by atoms with E-state index in [4.69, 9.17) is 4.74 Å². The number of hydrogen-bond donors (Lipinski definition) is 0. The van der Waals surface area contributed by atoms with Crippen LogP contribution in [0.4, 0.5) is 0 Å². The van der Waals surface area contributed by atoms with Gasteiger partial charge in [0, 0.05) is 6.04 Å². The molecule has 1 saturated carbocycles. The Bertz CT molecular complexity index is 238. The van der Waals surface area contributed by atoms with E-state index in [1.54, 1.807) is 0 Å². The molecular weight excluding hydrogens is 190 g/mol. The van der Waals surface area contributed by atoms with Crippen LogP contribution < -0.4 is 0 Å². The molecule has 1 saturated heterocycles. The van der Waals surface area contributed by atoms with Crippen LogP contribution in [-0.2, 0) is 9.53 Å². The van der Waals surface area contributed by atoms with E-state index in [0.717, 1.165) is 25.3 Å². The summed E-state index contributed by atoms with van der Waals surface area (Å²) in [5, 5.41) is 0. The molecule has 0 aromatic rings. The summed E-state index contributed by atoms with van der Waals surface area (Å²) in [7, 11) is 0. The van der Waals surface area contributed by atoms with Crippen LogP contribution in [0, 0.1) is 5.92 Å². The number of esters is 1. The van der Waals surface area contributed by atoms with Crippen molar-refractivity contribution in [2.75, 3.05) is 13.2 Å². The van der Waals surface area contributed by atoms with E-state index in [1.807, 2.05) is 6.92 Å². The van der Waals surface area contributed by atoms with Crippen LogP contribution in [0.25, 0.3) is 0 Å². The summed E-state index contributed by atoms with van der Waals surface area (Å²) in [5.74, 6) is 0.822. The van der Waals surface area contributed by atoms with Gasteiger partial charge in [-0.05, 0) is 52.0 Å². The van der Waals surface area contributed by atoms with Crippen molar-refractivity contribution >= 4 is 5.97 Å². The molecule has 0 spiro atoms. The smallest absolute Gasteiger partial charge is 0.323 e. The number of likely N-dealkylation sites (tertiary alicyclic amines) is 1. The zero-order valence-corrected chi connectivity index (χ0v) is 9.74. The van der Waals surface area contributed by atoms with Crippen molar-refractivity contribution in [1.82, 2.24) is 4.90 Å². The Kier molecular flexibility index (Phi) is 3.29. The van der Waals surface area contributed by atoms with Crippen LogP contribution in [0.2, 0.25) is 0 Å². The van der Waals surface area contributed by atoms with E-state index in [-0.39, 0.29) is 12.0 Å². The number of carbonyl (C=O) groups excluding carboxylic acids is 1. The van der Waals surface area contributed by atoms with Crippen molar-refractivity contribution in [3.63, 3.8) is 0 Å². The molecule has 0 aromatic heterocycles. The summed E-state index contributed by atoms with van der Waals surface area (Å²) in [6.45, 7) is 5.71. The minimum atomic E-state index is -0.0116. The molecule has 1 heterocycles. The average Bonchev–Trinajstić information content (AvgIpc) is 2.94. The van der Waals surface area contributed by atoms with Crippen LogP contribution in [-0.4, -0.2) is 36.1 Å². The first kappa shape index (κ1) is 10.9. The molecule has 86 valence electrons. The highest BCUT2D eigenvalue weighted by Gasteiger charge is 2.40. The maximum Gasteiger partial charge on any atom is 0.323 e. The second-order valence-corrected chi connectivity index (χ2v) is 4.73. The Morgan fingerprint density at radius 1 is 1.47 bits per heavy atom. The van der Waals surface area contributed by atoms with Crippen molar-refractivity contribution in [3.8, 4) is 0 Å². The second-order valence-electron chi connectivity index (χ2n) is 4.73. The fourth-order valence-electron chi connectivity index (χ4n) is 2.62. The van der Waals surface area contributed by atoms with E-state index in [1.165, 1.54) is 12.8 Å². The summed E-state index contributed by atoms with van der Waals surface area (Å²) in [5.41, 5.74) is 0. The molecule has 2 fully saturated rings. The van der Waals surface area contributed by atoms with Gasteiger partial charge in [-0.15, -0.1) is 0 Å². The maximum atomic E-state index is 11.7. The number of nitrogens with zero attached hydrogens (tertiary/aromatic N) is 1. The predicted octanol–water partition coefficient (Wildman–Crippen LogP) is 1.81. The summed E-state index contributed by atoms with van der Waals surface area (Å²) in [6.07, 6.45) is 4.80. The van der Waals surface area contributed by atoms with Crippen LogP contribution >= 0.6 is 0 Å². The molecule has 0 radical (unpaired) electrons. The van der Waals surface area contributed by atoms with E-state index < -0.39 is 0 Å². The van der Waals surface area contributed by atoms with Gasteiger partial charge in [-0.1, -0.05) is 0 Å². The fourth-order valence-corrected chi connectivity index (χ4v) is 2.62.